The molecule has 0 atom stereocenters. The van der Waals surface area contributed by atoms with Crippen molar-refractivity contribution in [3.8, 4) is 0 Å². The number of hydrogen-bond acceptors (Lipinski definition) is 4. The highest BCUT2D eigenvalue weighted by molar-refractivity contribution is 7.99. The third-order valence-electron chi connectivity index (χ3n) is 1.52. The normalized spacial score (nSPS) is 18.0. The topological polar surface area (TPSA) is 87.6 Å². The Balaban J connectivity index is 2.92. The summed E-state index contributed by atoms with van der Waals surface area (Å²) in [4.78, 5) is 2.63. The maximum Gasteiger partial charge on any atom is 0.299 e. The van der Waals surface area contributed by atoms with Crippen molar-refractivity contribution in [2.45, 2.75) is 3.92 Å². The number of nitrogens with one attached hydrogen (secondary N) is 1. The van der Waals surface area contributed by atoms with Gasteiger partial charge in [-0.25, -0.2) is 4.83 Å². The van der Waals surface area contributed by atoms with Crippen molar-refractivity contribution in [2.24, 2.45) is 11.0 Å². The summed E-state index contributed by atoms with van der Waals surface area (Å²) in [5.41, 5.74) is 10.5. The van der Waals surface area contributed by atoms with Gasteiger partial charge in [0.15, 0.2) is 0 Å². The minimum atomic E-state index is -3.45. The van der Waals surface area contributed by atoms with E-state index in [0.29, 0.717) is 0 Å². The highest BCUT2D eigenvalue weighted by Gasteiger charge is 2.33. The Morgan fingerprint density at radius 1 is 1.60 bits per heavy atom. The number of halogens is 3. The fourth-order valence-corrected chi connectivity index (χ4v) is 2.43. The minimum Gasteiger partial charge on any atom is -0.370 e. The molecule has 5 N–H and O–H groups in total. The molecule has 0 radical (unpaired) electrons. The zero-order valence-corrected chi connectivity index (χ0v) is 11.4. The number of nitrogens with zero attached hydrogens (tertiary/aromatic N) is 2. The Hall–Kier alpha value is 0.670. The van der Waals surface area contributed by atoms with Gasteiger partial charge >= 0.3 is 0 Å². The summed E-state index contributed by atoms with van der Waals surface area (Å²) in [7, 11) is -2.03. The van der Waals surface area contributed by atoms with Crippen LogP contribution in [0.3, 0.4) is 0 Å². The molecule has 6 nitrogen and oxygen atoms in total. The van der Waals surface area contributed by atoms with Crippen LogP contribution in [-0.4, -0.2) is 20.6 Å². The Bertz CT molecular complexity index is 327. The molecule has 1 aliphatic heterocycles. The molecule has 0 bridgehead atoms. The van der Waals surface area contributed by atoms with E-state index in [4.69, 9.17) is 45.8 Å². The molecule has 1 heterocycles. The maximum absolute atomic E-state index is 11.4. The number of hydrazine groups is 1. The van der Waals surface area contributed by atoms with E-state index in [1.54, 1.807) is 0 Å². The maximum atomic E-state index is 11.4. The molecular formula is C4H8Cl3N5OPS-. The second-order valence-electron chi connectivity index (χ2n) is 2.62. The van der Waals surface area contributed by atoms with Gasteiger partial charge in [-0.05, 0) is 5.82 Å². The first-order valence-electron chi connectivity index (χ1n) is 3.47. The van der Waals surface area contributed by atoms with Crippen LogP contribution in [0.4, 0.5) is 0 Å². The molecule has 0 fully saturated rings. The highest BCUT2D eigenvalue weighted by Crippen LogP contribution is 2.43. The van der Waals surface area contributed by atoms with E-state index in [1.807, 2.05) is 0 Å². The van der Waals surface area contributed by atoms with Gasteiger partial charge in [-0.2, -0.15) is 0 Å². The molecule has 0 saturated heterocycles. The van der Waals surface area contributed by atoms with Crippen LogP contribution in [0.5, 0.6) is 0 Å². The predicted molar refractivity (Wildman–Crippen MR) is 63.4 cm³/mol. The number of nitrogens with two attached hydrogens (primary N) is 2. The van der Waals surface area contributed by atoms with Gasteiger partial charge in [0.05, 0.1) is 0 Å². The summed E-state index contributed by atoms with van der Waals surface area (Å²) in [6, 6.07) is 0. The van der Waals surface area contributed by atoms with Gasteiger partial charge in [-0.1, -0.05) is 34.8 Å². The van der Waals surface area contributed by atoms with E-state index in [-0.39, 0.29) is 5.82 Å². The van der Waals surface area contributed by atoms with Crippen molar-refractivity contribution in [1.29, 1.82) is 0 Å². The van der Waals surface area contributed by atoms with Crippen molar-refractivity contribution >= 4 is 54.3 Å². The monoisotopic (exact) mass is 310 g/mol. The minimum absolute atomic E-state index is 0.202. The van der Waals surface area contributed by atoms with Crippen LogP contribution < -0.4 is 15.8 Å². The molecule has 0 saturated carbocycles. The largest absolute Gasteiger partial charge is 0.370 e. The summed E-state index contributed by atoms with van der Waals surface area (Å²) in [5, 5.41) is 3.83. The Morgan fingerprint density at radius 3 is 2.53 bits per heavy atom. The fraction of sp³-hybridized carbons (Fsp3) is 0.500. The SMILES string of the molecule is CN(C1=[C-]SNN1C(Cl)(Cl)Cl)P(N)(N)=O. The molecular weight excluding hydrogens is 303 g/mol. The first kappa shape index (κ1) is 13.7. The lowest BCUT2D eigenvalue weighted by Crippen LogP contribution is -2.44. The zero-order valence-electron chi connectivity index (χ0n) is 7.45. The van der Waals surface area contributed by atoms with E-state index >= 15 is 0 Å². The Labute approximate surface area is 106 Å². The van der Waals surface area contributed by atoms with Gasteiger partial charge < -0.3 is 10.1 Å². The average Bonchev–Trinajstić information content (AvgIpc) is 2.47. The summed E-state index contributed by atoms with van der Waals surface area (Å²) >= 11 is 18.0. The molecule has 0 aromatic heterocycles. The van der Waals surface area contributed by atoms with Crippen LogP contribution in [0.1, 0.15) is 0 Å². The standard InChI is InChI=1S/C4H8Cl3N5OPS/c1-11(14(8,9)13)3-2-15-10-12(3)4(5,6)7/h10H,1H3,(H4,8,9,13)/q-1. The van der Waals surface area contributed by atoms with Crippen LogP contribution >= 0.6 is 54.3 Å². The number of hydrogen-bond donors (Lipinski definition) is 3. The molecule has 15 heavy (non-hydrogen) atoms. The lowest BCUT2D eigenvalue weighted by molar-refractivity contribution is 0.272. The molecule has 0 spiro atoms. The molecule has 0 aromatic rings. The van der Waals surface area contributed by atoms with E-state index in [1.165, 1.54) is 7.05 Å². The molecule has 0 unspecified atom stereocenters. The van der Waals surface area contributed by atoms with Crippen molar-refractivity contribution in [3.63, 3.8) is 0 Å². The fourth-order valence-electron chi connectivity index (χ4n) is 0.734. The first-order valence-corrected chi connectivity index (χ1v) is 7.21. The van der Waals surface area contributed by atoms with E-state index in [9.17, 15) is 4.57 Å². The third kappa shape index (κ3) is 3.31. The van der Waals surface area contributed by atoms with Crippen molar-refractivity contribution in [1.82, 2.24) is 14.5 Å². The molecule has 88 valence electrons. The molecule has 1 aliphatic rings. The zero-order chi connectivity index (χ0) is 11.9. The van der Waals surface area contributed by atoms with Gasteiger partial charge in [0.25, 0.3) is 11.5 Å². The predicted octanol–water partition coefficient (Wildman–Crippen LogP) is 1.34. The second-order valence-corrected chi connectivity index (χ2v) is 7.38. The van der Waals surface area contributed by atoms with Gasteiger partial charge in [-0.15, -0.1) is 0 Å². The summed E-state index contributed by atoms with van der Waals surface area (Å²) < 4.78 is 10.7. The third-order valence-corrected chi connectivity index (χ3v) is 3.71. The van der Waals surface area contributed by atoms with Gasteiger partial charge in [0, 0.05) is 7.05 Å². The quantitative estimate of drug-likeness (QED) is 0.233. The molecule has 0 aromatic carbocycles. The summed E-state index contributed by atoms with van der Waals surface area (Å²) in [6.07, 6.45) is 0. The lowest BCUT2D eigenvalue weighted by Gasteiger charge is -2.39. The Morgan fingerprint density at radius 2 is 2.13 bits per heavy atom. The smallest absolute Gasteiger partial charge is 0.299 e. The average molecular weight is 312 g/mol. The van der Waals surface area contributed by atoms with Crippen LogP contribution in [0.15, 0.2) is 5.82 Å². The van der Waals surface area contributed by atoms with Crippen molar-refractivity contribution in [3.05, 3.63) is 11.2 Å². The van der Waals surface area contributed by atoms with Gasteiger partial charge in [0.2, 0.25) is 0 Å². The van der Waals surface area contributed by atoms with E-state index in [0.717, 1.165) is 21.6 Å². The van der Waals surface area contributed by atoms with Gasteiger partial charge in [0.1, 0.15) is 0 Å². The van der Waals surface area contributed by atoms with E-state index < -0.39 is 11.5 Å². The van der Waals surface area contributed by atoms with Crippen molar-refractivity contribution < 1.29 is 4.57 Å². The van der Waals surface area contributed by atoms with E-state index in [2.05, 4.69) is 10.2 Å². The van der Waals surface area contributed by atoms with Gasteiger partial charge in [-0.3, -0.25) is 32.5 Å². The molecule has 11 heteroatoms. The summed E-state index contributed by atoms with van der Waals surface area (Å²) in [6.45, 7) is 0. The molecule has 0 amide bonds. The van der Waals surface area contributed by atoms with Crippen LogP contribution in [0, 0.1) is 5.41 Å². The number of alkyl halides is 3. The van der Waals surface area contributed by atoms with Crippen LogP contribution in [0.2, 0.25) is 0 Å². The van der Waals surface area contributed by atoms with Crippen LogP contribution in [-0.2, 0) is 4.57 Å². The Kier molecular flexibility index (Phi) is 4.12. The summed E-state index contributed by atoms with van der Waals surface area (Å²) in [5.74, 6) is 0.202. The second kappa shape index (κ2) is 4.50. The van der Waals surface area contributed by atoms with Crippen LogP contribution in [0.25, 0.3) is 0 Å². The molecule has 1 rings (SSSR count). The number of rotatable bonds is 2. The lowest BCUT2D eigenvalue weighted by atomic mass is 10.7. The molecule has 0 aliphatic carbocycles. The highest BCUT2D eigenvalue weighted by atomic mass is 35.6. The van der Waals surface area contributed by atoms with Crippen molar-refractivity contribution in [2.75, 3.05) is 7.05 Å². The first-order chi connectivity index (χ1) is 6.64.